The molecule has 0 radical (unpaired) electrons. The van der Waals surface area contributed by atoms with Gasteiger partial charge in [0, 0.05) is 19.5 Å². The zero-order valence-corrected chi connectivity index (χ0v) is 17.5. The van der Waals surface area contributed by atoms with Gasteiger partial charge in [-0.25, -0.2) is 9.59 Å². The van der Waals surface area contributed by atoms with E-state index >= 15 is 0 Å². The van der Waals surface area contributed by atoms with Gasteiger partial charge in [0.2, 0.25) is 0 Å². The van der Waals surface area contributed by atoms with Gasteiger partial charge in [0.05, 0.1) is 5.02 Å². The number of benzene rings is 3. The standard InChI is InChI=1S/C12H11NO2.C10H12ClNO2/c1-13-12(14)15-11-8-4-6-9-5-2-3-7-10(9)11;1-6-4-8(11)9(5-7(6)2)14-10(13)12-3/h2-8H,1H3,(H,13,14);4-5H,1-3H3,(H,12,13). The van der Waals surface area contributed by atoms with E-state index in [-0.39, 0.29) is 0 Å². The van der Waals surface area contributed by atoms with E-state index in [4.69, 9.17) is 21.1 Å². The van der Waals surface area contributed by atoms with E-state index in [1.54, 1.807) is 18.2 Å². The molecule has 2 N–H and O–H groups in total. The number of hydrogen-bond donors (Lipinski definition) is 2. The highest BCUT2D eigenvalue weighted by molar-refractivity contribution is 6.32. The highest BCUT2D eigenvalue weighted by Gasteiger charge is 2.08. The third-order valence-corrected chi connectivity index (χ3v) is 4.41. The first kappa shape index (κ1) is 22.0. The van der Waals surface area contributed by atoms with Crippen molar-refractivity contribution in [3.8, 4) is 11.5 Å². The summed E-state index contributed by atoms with van der Waals surface area (Å²) in [6.45, 7) is 3.88. The lowest BCUT2D eigenvalue weighted by Crippen LogP contribution is -2.22. The van der Waals surface area contributed by atoms with Crippen LogP contribution < -0.4 is 20.1 Å². The molecule has 29 heavy (non-hydrogen) atoms. The average Bonchev–Trinajstić information content (AvgIpc) is 2.72. The zero-order valence-electron chi connectivity index (χ0n) is 16.7. The van der Waals surface area contributed by atoms with Crippen molar-refractivity contribution in [1.29, 1.82) is 0 Å². The molecule has 0 aromatic heterocycles. The number of amides is 2. The maximum Gasteiger partial charge on any atom is 0.412 e. The van der Waals surface area contributed by atoms with Crippen molar-refractivity contribution in [2.45, 2.75) is 13.8 Å². The molecule has 152 valence electrons. The molecule has 0 bridgehead atoms. The minimum atomic E-state index is -0.518. The SMILES string of the molecule is CNC(=O)Oc1cc(C)c(C)cc1Cl.CNC(=O)Oc1cccc2ccccc12. The number of carbonyl (C=O) groups is 2. The third-order valence-electron chi connectivity index (χ3n) is 4.11. The summed E-state index contributed by atoms with van der Waals surface area (Å²) in [5, 5.41) is 7.20. The Balaban J connectivity index is 0.000000208. The molecule has 3 aromatic carbocycles. The molecular formula is C22H23ClN2O4. The van der Waals surface area contributed by atoms with Crippen LogP contribution in [0, 0.1) is 13.8 Å². The van der Waals surface area contributed by atoms with Crippen LogP contribution in [0.5, 0.6) is 11.5 Å². The average molecular weight is 415 g/mol. The normalized spacial score (nSPS) is 9.83. The Morgan fingerprint density at radius 1 is 0.793 bits per heavy atom. The molecule has 3 aromatic rings. The van der Waals surface area contributed by atoms with Gasteiger partial charge in [-0.1, -0.05) is 48.0 Å². The van der Waals surface area contributed by atoms with Gasteiger partial charge in [0.25, 0.3) is 0 Å². The van der Waals surface area contributed by atoms with Crippen LogP contribution in [0.2, 0.25) is 5.02 Å². The van der Waals surface area contributed by atoms with Crippen LogP contribution >= 0.6 is 11.6 Å². The number of ether oxygens (including phenoxy) is 2. The summed E-state index contributed by atoms with van der Waals surface area (Å²) in [7, 11) is 3.03. The van der Waals surface area contributed by atoms with Crippen LogP contribution in [-0.2, 0) is 0 Å². The first-order valence-corrected chi connectivity index (χ1v) is 9.27. The van der Waals surface area contributed by atoms with E-state index in [2.05, 4.69) is 10.6 Å². The molecule has 7 heteroatoms. The quantitative estimate of drug-likeness (QED) is 0.601. The van der Waals surface area contributed by atoms with Crippen LogP contribution in [0.25, 0.3) is 10.8 Å². The first-order valence-electron chi connectivity index (χ1n) is 8.89. The van der Waals surface area contributed by atoms with Crippen molar-refractivity contribution in [3.05, 3.63) is 70.7 Å². The van der Waals surface area contributed by atoms with Crippen LogP contribution in [0.15, 0.2) is 54.6 Å². The molecule has 0 saturated carbocycles. The van der Waals surface area contributed by atoms with Crippen molar-refractivity contribution in [1.82, 2.24) is 10.6 Å². The van der Waals surface area contributed by atoms with Crippen LogP contribution in [-0.4, -0.2) is 26.3 Å². The first-order chi connectivity index (χ1) is 13.8. The number of nitrogens with one attached hydrogen (secondary N) is 2. The molecule has 0 aliphatic carbocycles. The van der Waals surface area contributed by atoms with E-state index in [9.17, 15) is 9.59 Å². The summed E-state index contributed by atoms with van der Waals surface area (Å²) >= 11 is 5.90. The fourth-order valence-corrected chi connectivity index (χ4v) is 2.68. The fraction of sp³-hybridized carbons (Fsp3) is 0.182. The summed E-state index contributed by atoms with van der Waals surface area (Å²) < 4.78 is 10.1. The lowest BCUT2D eigenvalue weighted by Gasteiger charge is -2.08. The maximum atomic E-state index is 11.1. The topological polar surface area (TPSA) is 76.7 Å². The Morgan fingerprint density at radius 2 is 1.34 bits per heavy atom. The number of halogens is 1. The molecule has 0 fully saturated rings. The number of carbonyl (C=O) groups excluding carboxylic acids is 2. The lowest BCUT2D eigenvalue weighted by atomic mass is 10.1. The van der Waals surface area contributed by atoms with E-state index < -0.39 is 12.2 Å². The molecule has 0 saturated heterocycles. The second kappa shape index (κ2) is 10.3. The van der Waals surface area contributed by atoms with Gasteiger partial charge in [0.1, 0.15) is 5.75 Å². The Kier molecular flexibility index (Phi) is 7.86. The van der Waals surface area contributed by atoms with Crippen LogP contribution in [0.3, 0.4) is 0 Å². The smallest absolute Gasteiger partial charge is 0.410 e. The van der Waals surface area contributed by atoms with Gasteiger partial charge >= 0.3 is 12.2 Å². The maximum absolute atomic E-state index is 11.1. The highest BCUT2D eigenvalue weighted by atomic mass is 35.5. The summed E-state index contributed by atoms with van der Waals surface area (Å²) in [6.07, 6.45) is -0.971. The monoisotopic (exact) mass is 414 g/mol. The van der Waals surface area contributed by atoms with Gasteiger partial charge < -0.3 is 20.1 Å². The second-order valence-electron chi connectivity index (χ2n) is 6.12. The Morgan fingerprint density at radius 3 is 2.00 bits per heavy atom. The second-order valence-corrected chi connectivity index (χ2v) is 6.53. The molecule has 2 amide bonds. The van der Waals surface area contributed by atoms with Crippen molar-refractivity contribution in [2.24, 2.45) is 0 Å². The van der Waals surface area contributed by atoms with Gasteiger partial charge in [-0.3, -0.25) is 0 Å². The summed E-state index contributed by atoms with van der Waals surface area (Å²) in [6, 6.07) is 16.9. The van der Waals surface area contributed by atoms with Crippen molar-refractivity contribution < 1.29 is 19.1 Å². The largest absolute Gasteiger partial charge is 0.412 e. The number of rotatable bonds is 2. The van der Waals surface area contributed by atoms with Crippen LogP contribution in [0.4, 0.5) is 9.59 Å². The van der Waals surface area contributed by atoms with Gasteiger partial charge in [-0.2, -0.15) is 0 Å². The van der Waals surface area contributed by atoms with E-state index in [0.29, 0.717) is 16.5 Å². The molecule has 3 rings (SSSR count). The van der Waals surface area contributed by atoms with E-state index in [1.165, 1.54) is 14.1 Å². The number of fused-ring (bicyclic) bond motifs is 1. The number of aryl methyl sites for hydroxylation is 2. The van der Waals surface area contributed by atoms with Crippen LogP contribution in [0.1, 0.15) is 11.1 Å². The molecule has 0 aliphatic rings. The van der Waals surface area contributed by atoms with Crippen molar-refractivity contribution in [3.63, 3.8) is 0 Å². The highest BCUT2D eigenvalue weighted by Crippen LogP contribution is 2.28. The van der Waals surface area contributed by atoms with Gasteiger partial charge in [-0.15, -0.1) is 0 Å². The van der Waals surface area contributed by atoms with Gasteiger partial charge in [0.15, 0.2) is 5.75 Å². The lowest BCUT2D eigenvalue weighted by molar-refractivity contribution is 0.202. The van der Waals surface area contributed by atoms with Crippen molar-refractivity contribution >= 4 is 34.6 Å². The fourth-order valence-electron chi connectivity index (χ4n) is 2.42. The predicted octanol–water partition coefficient (Wildman–Crippen LogP) is 5.23. The third kappa shape index (κ3) is 6.12. The number of hydrogen-bond acceptors (Lipinski definition) is 4. The Labute approximate surface area is 174 Å². The van der Waals surface area contributed by atoms with E-state index in [0.717, 1.165) is 21.9 Å². The molecule has 0 heterocycles. The molecule has 0 unspecified atom stereocenters. The Hall–Kier alpha value is -3.25. The van der Waals surface area contributed by atoms with Gasteiger partial charge in [-0.05, 0) is 48.6 Å². The summed E-state index contributed by atoms with van der Waals surface area (Å²) in [5.74, 6) is 0.960. The Bertz CT molecular complexity index is 1020. The summed E-state index contributed by atoms with van der Waals surface area (Å²) in [5.41, 5.74) is 2.10. The predicted molar refractivity (Wildman–Crippen MR) is 115 cm³/mol. The summed E-state index contributed by atoms with van der Waals surface area (Å²) in [4.78, 5) is 22.0. The minimum absolute atomic E-state index is 0.383. The zero-order chi connectivity index (χ0) is 21.4. The van der Waals surface area contributed by atoms with E-state index in [1.807, 2.05) is 50.2 Å². The molecular weight excluding hydrogens is 392 g/mol. The minimum Gasteiger partial charge on any atom is -0.410 e. The molecule has 6 nitrogen and oxygen atoms in total. The molecule has 0 atom stereocenters. The van der Waals surface area contributed by atoms with Crippen molar-refractivity contribution in [2.75, 3.05) is 14.1 Å². The molecule has 0 spiro atoms. The molecule has 0 aliphatic heterocycles.